The van der Waals surface area contributed by atoms with Crippen molar-refractivity contribution in [2.75, 3.05) is 19.7 Å². The van der Waals surface area contributed by atoms with Crippen LogP contribution in [0.2, 0.25) is 0 Å². The van der Waals surface area contributed by atoms with Gasteiger partial charge in [-0.05, 0) is 65.8 Å². The molecule has 0 bridgehead atoms. The van der Waals surface area contributed by atoms with Crippen LogP contribution in [-0.2, 0) is 35.6 Å². The number of aromatic nitrogens is 4. The van der Waals surface area contributed by atoms with Gasteiger partial charge in [0.25, 0.3) is 11.8 Å². The number of carboxylic acids is 2. The van der Waals surface area contributed by atoms with Crippen LogP contribution in [0.1, 0.15) is 106 Å². The normalized spacial score (nSPS) is 19.8. The number of allylic oxidation sites excluding steroid dienone is 1. The van der Waals surface area contributed by atoms with Crippen molar-refractivity contribution in [1.29, 1.82) is 0 Å². The van der Waals surface area contributed by atoms with Gasteiger partial charge in [-0.1, -0.05) is 58.0 Å². The standard InChI is InChI=1S/C22H25F2N3O6.C22H25F2N3O5.C6H15N.Na/c1-21(2,3)33-20(30)27-10-12(8-16(27)19(28)29)32-18-17(22(23,24)9-13-11-31-13)25-14-6-4-5-7-15(14)26-18;1-5-10-22(23,24)17-18(26-15-9-7-6-8-14(15)25-17)31-13-11-16(19(28)29)27(12-13)20(30)32-21(2,3)4;1-5(2)7-6(3)4;/h4-7,12-13,16H,8-11H2,1-3H3,(H,28,29);5-9,13,16H,1,10-12H2,2-4H3,(H,28,29);5-7H,1-4H3;/q;;;+1/p-1/t12-,13?,16+;13-,16+;;/m11../s1. The first kappa shape index (κ1) is 60.1. The number of likely N-dealkylation sites (tertiary alicyclic amines) is 2. The number of carbonyl (C=O) groups excluding carboxylic acids is 3. The molecule has 18 nitrogen and oxygen atoms in total. The van der Waals surface area contributed by atoms with E-state index in [1.165, 1.54) is 0 Å². The molecule has 0 radical (unpaired) electrons. The number of halogens is 4. The van der Waals surface area contributed by atoms with E-state index < -0.39 is 114 Å². The van der Waals surface area contributed by atoms with Gasteiger partial charge in [-0.3, -0.25) is 9.80 Å². The smallest absolute Gasteiger partial charge is 0.548 e. The van der Waals surface area contributed by atoms with Crippen LogP contribution in [0.15, 0.2) is 61.2 Å². The minimum atomic E-state index is -3.40. The molecule has 2 aromatic carbocycles. The number of fused-ring (bicyclic) bond motifs is 2. The summed E-state index contributed by atoms with van der Waals surface area (Å²) in [7, 11) is 0. The molecule has 5 heterocycles. The molecule has 7 rings (SSSR count). The number of ether oxygens (including phenoxy) is 5. The summed E-state index contributed by atoms with van der Waals surface area (Å²) in [6.45, 7) is 21.8. The Morgan fingerprint density at radius 1 is 0.740 bits per heavy atom. The van der Waals surface area contributed by atoms with Crippen molar-refractivity contribution >= 4 is 46.2 Å². The van der Waals surface area contributed by atoms with Gasteiger partial charge in [-0.25, -0.2) is 34.3 Å². The molecule has 0 saturated carbocycles. The van der Waals surface area contributed by atoms with Crippen LogP contribution in [0.3, 0.4) is 0 Å². The van der Waals surface area contributed by atoms with Crippen LogP contribution < -0.4 is 49.5 Å². The van der Waals surface area contributed by atoms with Gasteiger partial charge in [0, 0.05) is 37.8 Å². The molecule has 394 valence electrons. The van der Waals surface area contributed by atoms with Gasteiger partial charge in [0.1, 0.15) is 29.5 Å². The first-order chi connectivity index (χ1) is 33.5. The summed E-state index contributed by atoms with van der Waals surface area (Å²) in [4.78, 5) is 66.9. The number of hydrogen-bond donors (Lipinski definition) is 2. The number of nitrogens with one attached hydrogen (secondary N) is 1. The number of amides is 2. The number of alkyl halides is 4. The third-order valence-electron chi connectivity index (χ3n) is 10.6. The van der Waals surface area contributed by atoms with E-state index in [1.54, 1.807) is 90.1 Å². The average molecular weight is 1040 g/mol. The molecule has 3 fully saturated rings. The molecule has 2 N–H and O–H groups in total. The number of benzene rings is 2. The van der Waals surface area contributed by atoms with Crippen molar-refractivity contribution in [2.45, 2.75) is 160 Å². The molecule has 3 aliphatic rings. The number of para-hydroxylation sites is 4. The van der Waals surface area contributed by atoms with Gasteiger partial charge in [0.15, 0.2) is 11.4 Å². The predicted molar refractivity (Wildman–Crippen MR) is 254 cm³/mol. The summed E-state index contributed by atoms with van der Waals surface area (Å²) in [5, 5.41) is 24.5. The molecule has 3 aliphatic heterocycles. The third-order valence-corrected chi connectivity index (χ3v) is 10.6. The fraction of sp³-hybridized carbons (Fsp3) is 0.560. The third kappa shape index (κ3) is 17.3. The topological polar surface area (TPSA) is 231 Å². The van der Waals surface area contributed by atoms with Crippen molar-refractivity contribution in [3.05, 3.63) is 72.6 Å². The fourth-order valence-electron chi connectivity index (χ4n) is 7.71. The van der Waals surface area contributed by atoms with E-state index in [-0.39, 0.29) is 73.1 Å². The van der Waals surface area contributed by atoms with E-state index in [1.807, 2.05) is 0 Å². The molecule has 73 heavy (non-hydrogen) atoms. The molecular formula is C50H64F4N7NaO11. The number of epoxide rings is 1. The largest absolute Gasteiger partial charge is 1.00 e. The molecule has 3 saturated heterocycles. The second-order valence-electron chi connectivity index (χ2n) is 20.2. The maximum absolute atomic E-state index is 15.1. The Balaban J connectivity index is 0.000000277. The molecule has 5 atom stereocenters. The van der Waals surface area contributed by atoms with Gasteiger partial charge >= 0.3 is 47.7 Å². The van der Waals surface area contributed by atoms with Crippen molar-refractivity contribution < 1.29 is 100 Å². The van der Waals surface area contributed by atoms with Crippen LogP contribution in [0, 0.1) is 0 Å². The van der Waals surface area contributed by atoms with Crippen LogP contribution in [0.4, 0.5) is 27.2 Å². The summed E-state index contributed by atoms with van der Waals surface area (Å²) < 4.78 is 86.7. The van der Waals surface area contributed by atoms with Crippen molar-refractivity contribution in [1.82, 2.24) is 35.1 Å². The summed E-state index contributed by atoms with van der Waals surface area (Å²) in [6, 6.07) is 11.7. The number of hydrogen-bond acceptors (Lipinski definition) is 15. The van der Waals surface area contributed by atoms with Crippen molar-refractivity contribution in [2.24, 2.45) is 0 Å². The van der Waals surface area contributed by atoms with E-state index in [0.717, 1.165) is 15.9 Å². The minimum Gasteiger partial charge on any atom is -0.548 e. The van der Waals surface area contributed by atoms with Crippen LogP contribution >= 0.6 is 0 Å². The van der Waals surface area contributed by atoms with Crippen molar-refractivity contribution in [3.63, 3.8) is 0 Å². The Morgan fingerprint density at radius 2 is 1.12 bits per heavy atom. The summed E-state index contributed by atoms with van der Waals surface area (Å²) in [6.07, 6.45) is -4.54. The monoisotopic (exact) mass is 1040 g/mol. The summed E-state index contributed by atoms with van der Waals surface area (Å²) in [5.41, 5.74) is -1.78. The van der Waals surface area contributed by atoms with Gasteiger partial charge in [0.2, 0.25) is 11.8 Å². The first-order valence-electron chi connectivity index (χ1n) is 23.5. The molecule has 23 heteroatoms. The zero-order chi connectivity index (χ0) is 53.5. The predicted octanol–water partition coefficient (Wildman–Crippen LogP) is 4.55. The van der Waals surface area contributed by atoms with Gasteiger partial charge in [-0.15, -0.1) is 6.58 Å². The Bertz CT molecular complexity index is 2570. The minimum absolute atomic E-state index is 0. The zero-order valence-corrected chi connectivity index (χ0v) is 45.1. The Hall–Kier alpha value is -5.42. The molecule has 0 spiro atoms. The van der Waals surface area contributed by atoms with Gasteiger partial charge in [-0.2, -0.15) is 17.6 Å². The summed E-state index contributed by atoms with van der Waals surface area (Å²) >= 11 is 0. The number of aliphatic carboxylic acids is 2. The van der Waals surface area contributed by atoms with E-state index in [9.17, 15) is 38.2 Å². The van der Waals surface area contributed by atoms with E-state index in [2.05, 4.69) is 59.5 Å². The Labute approximate surface area is 443 Å². The SMILES string of the molecule is C=CCC(F)(F)c1nc2ccccc2nc1O[C@@H]1C[C@@H](C(=O)O)N(C(=O)OC(C)(C)C)C1.CC(C)(C)OC(=O)N1C[C@H](Oc2nc3ccccc3nc2C(F)(F)CC2CO2)C[C@H]1C(=O)[O-].CC(C)NC(C)C.[Na+]. The van der Waals surface area contributed by atoms with Crippen LogP contribution in [0.25, 0.3) is 22.1 Å². The first-order valence-corrected chi connectivity index (χ1v) is 23.5. The van der Waals surface area contributed by atoms with Gasteiger partial charge < -0.3 is 44.0 Å². The summed E-state index contributed by atoms with van der Waals surface area (Å²) in [5.74, 6) is -10.3. The Morgan fingerprint density at radius 3 is 1.47 bits per heavy atom. The van der Waals surface area contributed by atoms with Crippen molar-refractivity contribution in [3.8, 4) is 11.8 Å². The van der Waals surface area contributed by atoms with Gasteiger partial charge in [0.05, 0.1) is 59.9 Å². The second-order valence-corrected chi connectivity index (χ2v) is 20.2. The quantitative estimate of drug-likeness (QED) is 0.0764. The van der Waals surface area contributed by atoms with Crippen LogP contribution in [-0.4, -0.2) is 132 Å². The Kier molecular flexibility index (Phi) is 20.4. The number of rotatable bonds is 14. The molecule has 0 aliphatic carbocycles. The fourth-order valence-corrected chi connectivity index (χ4v) is 7.71. The maximum atomic E-state index is 15.1. The molecule has 1 unspecified atom stereocenters. The zero-order valence-electron chi connectivity index (χ0n) is 43.1. The molecule has 2 aromatic heterocycles. The average Bonchev–Trinajstić information content (AvgIpc) is 3.77. The molecular weight excluding hydrogens is 974 g/mol. The second kappa shape index (κ2) is 24.7. The van der Waals surface area contributed by atoms with E-state index >= 15 is 8.78 Å². The number of carboxylic acid groups (broad SMARTS) is 2. The van der Waals surface area contributed by atoms with Crippen LogP contribution in [0.5, 0.6) is 11.8 Å². The number of nitrogens with zero attached hydrogens (tertiary/aromatic N) is 6. The molecule has 2 amide bonds. The van der Waals surface area contributed by atoms with E-state index in [0.29, 0.717) is 23.1 Å². The molecule has 4 aromatic rings. The maximum Gasteiger partial charge on any atom is 1.00 e. The number of carbonyl (C=O) groups is 4. The van der Waals surface area contributed by atoms with E-state index in [4.69, 9.17) is 23.7 Å².